The fourth-order valence-corrected chi connectivity index (χ4v) is 6.66. The monoisotopic (exact) mass is 508 g/mol. The number of hydrogen-bond donors (Lipinski definition) is 2. The second kappa shape index (κ2) is 10.6. The van der Waals surface area contributed by atoms with Crippen LogP contribution in [0.15, 0.2) is 43.7 Å². The van der Waals surface area contributed by atoms with Crippen molar-refractivity contribution in [2.24, 2.45) is 9.98 Å². The maximum Gasteiger partial charge on any atom is 0.0689 e. The van der Waals surface area contributed by atoms with Crippen molar-refractivity contribution < 1.29 is 0 Å². The normalized spacial score (nSPS) is 19.8. The Kier molecular flexibility index (Phi) is 7.35. The summed E-state index contributed by atoms with van der Waals surface area (Å²) in [5, 5.41) is 0. The van der Waals surface area contributed by atoms with Gasteiger partial charge < -0.3 is 9.97 Å². The molecule has 2 aromatic heterocycles. The molecule has 4 heterocycles. The summed E-state index contributed by atoms with van der Waals surface area (Å²) in [6, 6.07) is 0. The SMILES string of the molecule is CCC1=C(C)/C(=C/c2[nH]c(C)c(C)c2CC)N=C1CC1=N/C(=C\c2[nH]c(C)c(C)c2CC)C2=C1CCCC2. The van der Waals surface area contributed by atoms with E-state index in [1.54, 1.807) is 0 Å². The molecule has 0 fully saturated rings. The fraction of sp³-hybridized carbons (Fsp3) is 0.471. The van der Waals surface area contributed by atoms with Gasteiger partial charge in [0.05, 0.1) is 22.8 Å². The zero-order valence-corrected chi connectivity index (χ0v) is 24.7. The van der Waals surface area contributed by atoms with Gasteiger partial charge in [0.25, 0.3) is 0 Å². The van der Waals surface area contributed by atoms with Crippen molar-refractivity contribution in [1.29, 1.82) is 0 Å². The Morgan fingerprint density at radius 1 is 0.658 bits per heavy atom. The minimum Gasteiger partial charge on any atom is -0.359 e. The molecule has 0 atom stereocenters. The molecule has 2 aliphatic heterocycles. The fourth-order valence-electron chi connectivity index (χ4n) is 6.66. The molecule has 2 N–H and O–H groups in total. The van der Waals surface area contributed by atoms with E-state index in [4.69, 9.17) is 9.98 Å². The number of nitrogens with one attached hydrogen (secondary N) is 2. The third-order valence-corrected chi connectivity index (χ3v) is 9.10. The lowest BCUT2D eigenvalue weighted by molar-refractivity contribution is 0.698. The van der Waals surface area contributed by atoms with Gasteiger partial charge in [0.2, 0.25) is 0 Å². The van der Waals surface area contributed by atoms with Gasteiger partial charge in [0, 0.05) is 29.2 Å². The molecule has 38 heavy (non-hydrogen) atoms. The average molecular weight is 509 g/mol. The Bertz CT molecular complexity index is 1470. The average Bonchev–Trinajstić information content (AvgIpc) is 3.57. The van der Waals surface area contributed by atoms with Gasteiger partial charge >= 0.3 is 0 Å². The third-order valence-electron chi connectivity index (χ3n) is 9.10. The third kappa shape index (κ3) is 4.52. The van der Waals surface area contributed by atoms with Crippen LogP contribution < -0.4 is 0 Å². The molecule has 0 spiro atoms. The van der Waals surface area contributed by atoms with Gasteiger partial charge in [-0.3, -0.25) is 9.98 Å². The highest BCUT2D eigenvalue weighted by atomic mass is 14.9. The molecule has 4 heteroatoms. The Labute approximate surface area is 228 Å². The molecular weight excluding hydrogens is 464 g/mol. The number of nitrogens with zero attached hydrogens (tertiary/aromatic N) is 2. The first kappa shape index (κ1) is 26.5. The molecule has 200 valence electrons. The van der Waals surface area contributed by atoms with E-state index in [0.717, 1.165) is 44.2 Å². The molecule has 1 aliphatic carbocycles. The van der Waals surface area contributed by atoms with Crippen molar-refractivity contribution in [3.05, 3.63) is 78.7 Å². The summed E-state index contributed by atoms with van der Waals surface area (Å²) in [7, 11) is 0. The van der Waals surface area contributed by atoms with Gasteiger partial charge in [-0.2, -0.15) is 0 Å². The van der Waals surface area contributed by atoms with Crippen molar-refractivity contribution in [3.63, 3.8) is 0 Å². The minimum atomic E-state index is 0.820. The van der Waals surface area contributed by atoms with Crippen LogP contribution in [0.4, 0.5) is 0 Å². The number of aryl methyl sites for hydroxylation is 2. The molecular formula is C34H44N4. The summed E-state index contributed by atoms with van der Waals surface area (Å²) < 4.78 is 0. The van der Waals surface area contributed by atoms with E-state index >= 15 is 0 Å². The van der Waals surface area contributed by atoms with Crippen LogP contribution in [0.25, 0.3) is 12.2 Å². The van der Waals surface area contributed by atoms with E-state index in [1.165, 1.54) is 97.3 Å². The molecule has 4 nitrogen and oxygen atoms in total. The topological polar surface area (TPSA) is 56.3 Å². The number of allylic oxidation sites excluding steroid dienone is 4. The van der Waals surface area contributed by atoms with Crippen molar-refractivity contribution in [3.8, 4) is 0 Å². The summed E-state index contributed by atoms with van der Waals surface area (Å²) in [6.45, 7) is 17.8. The van der Waals surface area contributed by atoms with Crippen molar-refractivity contribution in [2.45, 2.75) is 107 Å². The number of aliphatic imine (C=N–C) groups is 2. The Morgan fingerprint density at radius 2 is 1.18 bits per heavy atom. The van der Waals surface area contributed by atoms with Crippen molar-refractivity contribution in [1.82, 2.24) is 9.97 Å². The van der Waals surface area contributed by atoms with Crippen LogP contribution in [0.3, 0.4) is 0 Å². The first-order valence-corrected chi connectivity index (χ1v) is 14.6. The molecule has 0 bridgehead atoms. The van der Waals surface area contributed by atoms with Crippen molar-refractivity contribution >= 4 is 23.6 Å². The first-order valence-electron chi connectivity index (χ1n) is 14.6. The molecule has 0 unspecified atom stereocenters. The molecule has 0 amide bonds. The second-order valence-electron chi connectivity index (χ2n) is 11.2. The lowest BCUT2D eigenvalue weighted by Crippen LogP contribution is -2.11. The van der Waals surface area contributed by atoms with E-state index in [-0.39, 0.29) is 0 Å². The lowest BCUT2D eigenvalue weighted by Gasteiger charge is -2.16. The zero-order chi connectivity index (χ0) is 27.1. The smallest absolute Gasteiger partial charge is 0.0689 e. The molecule has 0 aromatic carbocycles. The van der Waals surface area contributed by atoms with E-state index in [9.17, 15) is 0 Å². The Hall–Kier alpha value is -3.14. The lowest BCUT2D eigenvalue weighted by atomic mass is 9.87. The predicted molar refractivity (Wildman–Crippen MR) is 163 cm³/mol. The Balaban J connectivity index is 1.52. The van der Waals surface area contributed by atoms with Crippen LogP contribution in [0.5, 0.6) is 0 Å². The Morgan fingerprint density at radius 3 is 1.74 bits per heavy atom. The number of rotatable bonds is 7. The summed E-state index contributed by atoms with van der Waals surface area (Å²) in [5.74, 6) is 0. The number of hydrogen-bond acceptors (Lipinski definition) is 2. The number of aromatic amines is 2. The number of aromatic nitrogens is 2. The van der Waals surface area contributed by atoms with Gasteiger partial charge in [-0.15, -0.1) is 0 Å². The summed E-state index contributed by atoms with van der Waals surface area (Å²) >= 11 is 0. The first-order chi connectivity index (χ1) is 18.3. The quantitative estimate of drug-likeness (QED) is 0.375. The van der Waals surface area contributed by atoms with E-state index in [0.29, 0.717) is 0 Å². The molecule has 0 saturated heterocycles. The summed E-state index contributed by atoms with van der Waals surface area (Å²) in [4.78, 5) is 17.8. The summed E-state index contributed by atoms with van der Waals surface area (Å²) in [5.41, 5.74) is 20.9. The van der Waals surface area contributed by atoms with Crippen LogP contribution in [0.1, 0.15) is 111 Å². The largest absolute Gasteiger partial charge is 0.359 e. The van der Waals surface area contributed by atoms with Gasteiger partial charge in [-0.1, -0.05) is 20.8 Å². The van der Waals surface area contributed by atoms with E-state index in [1.807, 2.05) is 0 Å². The van der Waals surface area contributed by atoms with E-state index < -0.39 is 0 Å². The van der Waals surface area contributed by atoms with Crippen LogP contribution in [-0.2, 0) is 12.8 Å². The maximum atomic E-state index is 5.31. The van der Waals surface area contributed by atoms with Crippen LogP contribution in [0.2, 0.25) is 0 Å². The molecule has 5 rings (SSSR count). The van der Waals surface area contributed by atoms with Crippen LogP contribution in [0, 0.1) is 27.7 Å². The maximum absolute atomic E-state index is 5.31. The second-order valence-corrected chi connectivity index (χ2v) is 11.2. The molecule has 0 saturated carbocycles. The highest BCUT2D eigenvalue weighted by Crippen LogP contribution is 2.40. The van der Waals surface area contributed by atoms with Gasteiger partial charge in [0.1, 0.15) is 0 Å². The predicted octanol–water partition coefficient (Wildman–Crippen LogP) is 8.98. The van der Waals surface area contributed by atoms with E-state index in [2.05, 4.69) is 77.5 Å². The summed E-state index contributed by atoms with van der Waals surface area (Å²) in [6.07, 6.45) is 13.2. The van der Waals surface area contributed by atoms with Crippen molar-refractivity contribution in [2.75, 3.05) is 0 Å². The van der Waals surface area contributed by atoms with Crippen LogP contribution in [-0.4, -0.2) is 21.4 Å². The van der Waals surface area contributed by atoms with Gasteiger partial charge in [-0.05, 0) is 136 Å². The van der Waals surface area contributed by atoms with Gasteiger partial charge in [-0.25, -0.2) is 0 Å². The highest BCUT2D eigenvalue weighted by molar-refractivity contribution is 6.21. The molecule has 2 aromatic rings. The molecule has 0 radical (unpaired) electrons. The minimum absolute atomic E-state index is 0.820. The standard InChI is InChI=1S/C34H44N4/c1-9-24-19(4)22(7)35-30(24)16-29-21(6)26(11-3)32(37-29)18-34-28-15-13-12-14-27(28)33(38-34)17-31-25(10-2)20(5)23(8)36-31/h16-17,35-36H,9-15,18H2,1-8H3/b29-16-,33-17-. The zero-order valence-electron chi connectivity index (χ0n) is 24.7. The van der Waals surface area contributed by atoms with Gasteiger partial charge in [0.15, 0.2) is 0 Å². The number of H-pyrrole nitrogens is 2. The highest BCUT2D eigenvalue weighted by Gasteiger charge is 2.29. The van der Waals surface area contributed by atoms with Crippen LogP contribution >= 0.6 is 0 Å². The molecule has 3 aliphatic rings.